The van der Waals surface area contributed by atoms with Crippen LogP contribution in [-0.4, -0.2) is 26.0 Å². The predicted molar refractivity (Wildman–Crippen MR) is 104 cm³/mol. The number of nitrogens with one attached hydrogen (secondary N) is 1. The Balaban J connectivity index is 1.82. The van der Waals surface area contributed by atoms with Crippen LogP contribution in [0.5, 0.6) is 0 Å². The van der Waals surface area contributed by atoms with Crippen LogP contribution in [-0.2, 0) is 27.7 Å². The maximum atomic E-state index is 14.0. The van der Waals surface area contributed by atoms with Crippen LogP contribution in [0.4, 0.5) is 22.0 Å². The molecule has 32 heavy (non-hydrogen) atoms. The van der Waals surface area contributed by atoms with Crippen LogP contribution in [0.25, 0.3) is 0 Å². The lowest BCUT2D eigenvalue weighted by Gasteiger charge is -2.29. The van der Waals surface area contributed by atoms with Gasteiger partial charge >= 0.3 is 5.97 Å². The lowest BCUT2D eigenvalue weighted by atomic mass is 9.80. The first-order valence-corrected chi connectivity index (χ1v) is 11.2. The highest BCUT2D eigenvalue weighted by Crippen LogP contribution is 2.41. The van der Waals surface area contributed by atoms with Crippen molar-refractivity contribution in [3.8, 4) is 0 Å². The van der Waals surface area contributed by atoms with Gasteiger partial charge in [-0.05, 0) is 35.8 Å². The van der Waals surface area contributed by atoms with E-state index in [4.69, 9.17) is 5.11 Å². The number of carboxylic acids is 1. The smallest absolute Gasteiger partial charge is 0.307 e. The van der Waals surface area contributed by atoms with Crippen molar-refractivity contribution < 1.29 is 40.3 Å². The zero-order chi connectivity index (χ0) is 23.7. The number of carboxylic acid groups (broad SMARTS) is 1. The van der Waals surface area contributed by atoms with Gasteiger partial charge < -0.3 is 5.11 Å². The number of aliphatic carboxylic acids is 1. The molecule has 11 heteroatoms. The van der Waals surface area contributed by atoms with Crippen molar-refractivity contribution in [2.45, 2.75) is 43.4 Å². The molecule has 0 bridgehead atoms. The second kappa shape index (κ2) is 9.14. The number of sulfonamides is 1. The molecular weight excluding hydrogens is 457 g/mol. The zero-order valence-corrected chi connectivity index (χ0v) is 17.5. The molecule has 0 aromatic heterocycles. The molecule has 0 saturated heterocycles. The summed E-state index contributed by atoms with van der Waals surface area (Å²) in [5.74, 6) is -12.9. The van der Waals surface area contributed by atoms with Crippen LogP contribution < -0.4 is 4.72 Å². The van der Waals surface area contributed by atoms with E-state index in [9.17, 15) is 35.2 Å². The van der Waals surface area contributed by atoms with Crippen molar-refractivity contribution in [2.75, 3.05) is 6.54 Å². The van der Waals surface area contributed by atoms with E-state index >= 15 is 0 Å². The van der Waals surface area contributed by atoms with E-state index in [1.54, 1.807) is 24.3 Å². The molecule has 1 aliphatic rings. The number of hydrogen-bond acceptors (Lipinski definition) is 3. The van der Waals surface area contributed by atoms with E-state index in [0.717, 1.165) is 18.4 Å². The third kappa shape index (κ3) is 4.93. The fourth-order valence-electron chi connectivity index (χ4n) is 4.06. The number of halogens is 5. The Hall–Kier alpha value is -2.53. The van der Waals surface area contributed by atoms with Crippen LogP contribution in [0.2, 0.25) is 0 Å². The van der Waals surface area contributed by atoms with E-state index in [1.165, 1.54) is 0 Å². The predicted octanol–water partition coefficient (Wildman–Crippen LogP) is 4.09. The average molecular weight is 477 g/mol. The minimum atomic E-state index is -5.03. The fraction of sp³-hybridized carbons (Fsp3) is 0.381. The topological polar surface area (TPSA) is 83.5 Å². The van der Waals surface area contributed by atoms with Crippen LogP contribution in [0.3, 0.4) is 0 Å². The molecule has 2 aromatic carbocycles. The summed E-state index contributed by atoms with van der Waals surface area (Å²) in [4.78, 5) is 8.90. The summed E-state index contributed by atoms with van der Waals surface area (Å²) >= 11 is 0. The Labute approximate surface area is 181 Å². The van der Waals surface area contributed by atoms with Crippen LogP contribution in [0.1, 0.15) is 36.8 Å². The van der Waals surface area contributed by atoms with Gasteiger partial charge in [0.2, 0.25) is 15.8 Å². The van der Waals surface area contributed by atoms with Crippen LogP contribution in [0, 0.1) is 34.5 Å². The monoisotopic (exact) mass is 477 g/mol. The Morgan fingerprint density at radius 1 is 0.875 bits per heavy atom. The first-order valence-electron chi connectivity index (χ1n) is 9.76. The number of benzene rings is 2. The Morgan fingerprint density at radius 3 is 1.84 bits per heavy atom. The second-order valence-electron chi connectivity index (χ2n) is 7.99. The Bertz CT molecular complexity index is 1100. The SMILES string of the molecule is O=C(O)Cc1ccc(CC2(CNS(=O)(=O)c3c(F)c(F)c(F)c(F)c3F)CCCC2)cc1. The van der Waals surface area contributed by atoms with E-state index in [1.807, 2.05) is 4.72 Å². The molecule has 0 aliphatic heterocycles. The summed E-state index contributed by atoms with van der Waals surface area (Å²) in [6, 6.07) is 6.73. The van der Waals surface area contributed by atoms with Gasteiger partial charge in [0.05, 0.1) is 6.42 Å². The van der Waals surface area contributed by atoms with Crippen molar-refractivity contribution in [3.63, 3.8) is 0 Å². The number of hydrogen-bond donors (Lipinski definition) is 2. The molecule has 1 aliphatic carbocycles. The summed E-state index contributed by atoms with van der Waals surface area (Å²) in [5, 5.41) is 8.85. The molecule has 5 nitrogen and oxygen atoms in total. The van der Waals surface area contributed by atoms with Gasteiger partial charge in [0, 0.05) is 6.54 Å². The largest absolute Gasteiger partial charge is 0.481 e. The van der Waals surface area contributed by atoms with Crippen molar-refractivity contribution in [1.29, 1.82) is 0 Å². The molecule has 0 unspecified atom stereocenters. The lowest BCUT2D eigenvalue weighted by Crippen LogP contribution is -2.38. The molecule has 3 rings (SSSR count). The minimum absolute atomic E-state index is 0.146. The first kappa shape index (κ1) is 24.1. The third-order valence-corrected chi connectivity index (χ3v) is 7.12. The molecule has 1 fully saturated rings. The molecule has 0 radical (unpaired) electrons. The van der Waals surface area contributed by atoms with Crippen molar-refractivity contribution in [3.05, 3.63) is 64.5 Å². The lowest BCUT2D eigenvalue weighted by molar-refractivity contribution is -0.136. The fourth-order valence-corrected chi connectivity index (χ4v) is 5.36. The van der Waals surface area contributed by atoms with E-state index in [0.29, 0.717) is 24.8 Å². The van der Waals surface area contributed by atoms with Gasteiger partial charge in [-0.2, -0.15) is 0 Å². The van der Waals surface area contributed by atoms with E-state index < -0.39 is 55.4 Å². The van der Waals surface area contributed by atoms with Crippen molar-refractivity contribution in [2.24, 2.45) is 5.41 Å². The molecule has 1 saturated carbocycles. The normalized spacial score (nSPS) is 15.8. The first-order chi connectivity index (χ1) is 15.0. The Kier molecular flexibility index (Phi) is 6.89. The maximum Gasteiger partial charge on any atom is 0.307 e. The molecule has 0 amide bonds. The summed E-state index contributed by atoms with van der Waals surface area (Å²) < 4.78 is 95.1. The summed E-state index contributed by atoms with van der Waals surface area (Å²) in [7, 11) is -5.03. The zero-order valence-electron chi connectivity index (χ0n) is 16.7. The molecule has 0 heterocycles. The Morgan fingerprint density at radius 2 is 1.34 bits per heavy atom. The van der Waals surface area contributed by atoms with Crippen molar-refractivity contribution in [1.82, 2.24) is 4.72 Å². The van der Waals surface area contributed by atoms with Gasteiger partial charge in [0.1, 0.15) is 0 Å². The second-order valence-corrected chi connectivity index (χ2v) is 9.70. The van der Waals surface area contributed by atoms with Gasteiger partial charge in [0.25, 0.3) is 0 Å². The van der Waals surface area contributed by atoms with E-state index in [-0.39, 0.29) is 13.0 Å². The van der Waals surface area contributed by atoms with Gasteiger partial charge in [-0.25, -0.2) is 35.1 Å². The van der Waals surface area contributed by atoms with Crippen molar-refractivity contribution >= 4 is 16.0 Å². The van der Waals surface area contributed by atoms with Gasteiger partial charge in [0.15, 0.2) is 28.2 Å². The van der Waals surface area contributed by atoms with Gasteiger partial charge in [-0.15, -0.1) is 0 Å². The molecular formula is C21H20F5NO4S. The quantitative estimate of drug-likeness (QED) is 0.341. The molecule has 0 atom stereocenters. The minimum Gasteiger partial charge on any atom is -0.481 e. The summed E-state index contributed by atoms with van der Waals surface area (Å²) in [6.07, 6.45) is 2.98. The standard InChI is InChI=1S/C21H20F5NO4S/c22-15-16(23)18(25)20(19(26)17(15)24)32(30,31)27-11-21(7-1-2-8-21)10-13-5-3-12(4-6-13)9-14(28)29/h3-6,27H,1-2,7-11H2,(H,28,29). The third-order valence-electron chi connectivity index (χ3n) is 5.70. The molecule has 174 valence electrons. The number of carbonyl (C=O) groups is 1. The molecule has 2 N–H and O–H groups in total. The molecule has 2 aromatic rings. The highest BCUT2D eigenvalue weighted by Gasteiger charge is 2.38. The molecule has 0 spiro atoms. The summed E-state index contributed by atoms with van der Waals surface area (Å²) in [6.45, 7) is -0.258. The highest BCUT2D eigenvalue weighted by atomic mass is 32.2. The average Bonchev–Trinajstić information content (AvgIpc) is 3.19. The maximum absolute atomic E-state index is 14.0. The van der Waals surface area contributed by atoms with Gasteiger partial charge in [-0.1, -0.05) is 37.1 Å². The van der Waals surface area contributed by atoms with Gasteiger partial charge in [-0.3, -0.25) is 4.79 Å². The van der Waals surface area contributed by atoms with E-state index in [2.05, 4.69) is 0 Å². The van der Waals surface area contributed by atoms with Crippen LogP contribution in [0.15, 0.2) is 29.2 Å². The van der Waals surface area contributed by atoms with Crippen LogP contribution >= 0.6 is 0 Å². The summed E-state index contributed by atoms with van der Waals surface area (Å²) in [5.41, 5.74) is 0.774. The highest BCUT2D eigenvalue weighted by molar-refractivity contribution is 7.89. The number of rotatable bonds is 8.